The average molecular weight is 389 g/mol. The molecule has 1 heterocycles. The summed E-state index contributed by atoms with van der Waals surface area (Å²) in [5.74, 6) is 0.653. The Hall–Kier alpha value is -1.35. The van der Waals surface area contributed by atoms with E-state index in [4.69, 9.17) is 16.3 Å². The predicted octanol–water partition coefficient (Wildman–Crippen LogP) is 1.35. The Morgan fingerprint density at radius 2 is 2.20 bits per heavy atom. The summed E-state index contributed by atoms with van der Waals surface area (Å²) in [7, 11) is -3.57. The van der Waals surface area contributed by atoms with Crippen molar-refractivity contribution in [2.24, 2.45) is 4.99 Å². The zero-order valence-electron chi connectivity index (χ0n) is 14.3. The summed E-state index contributed by atoms with van der Waals surface area (Å²) in [6, 6.07) is 6.17. The molecule has 0 aromatic heterocycles. The molecule has 0 bridgehead atoms. The largest absolute Gasteiger partial charge is 0.376 e. The van der Waals surface area contributed by atoms with Gasteiger partial charge in [-0.25, -0.2) is 13.1 Å². The first-order valence-corrected chi connectivity index (χ1v) is 10.3. The Morgan fingerprint density at radius 1 is 1.36 bits per heavy atom. The Labute approximate surface area is 154 Å². The van der Waals surface area contributed by atoms with Crippen molar-refractivity contribution in [1.29, 1.82) is 0 Å². The van der Waals surface area contributed by atoms with Crippen LogP contribution in [0, 0.1) is 0 Å². The van der Waals surface area contributed by atoms with Crippen LogP contribution in [0.3, 0.4) is 0 Å². The van der Waals surface area contributed by atoms with Gasteiger partial charge in [0.15, 0.2) is 5.96 Å². The van der Waals surface area contributed by atoms with Crippen LogP contribution in [0.4, 0.5) is 0 Å². The van der Waals surface area contributed by atoms with E-state index in [2.05, 4.69) is 20.3 Å². The van der Waals surface area contributed by atoms with Crippen molar-refractivity contribution in [1.82, 2.24) is 15.4 Å². The summed E-state index contributed by atoms with van der Waals surface area (Å²) in [4.78, 5) is 4.63. The van der Waals surface area contributed by atoms with Gasteiger partial charge < -0.3 is 15.4 Å². The molecule has 1 saturated heterocycles. The Balaban J connectivity index is 1.79. The standard InChI is InChI=1S/C16H25ClN4O3S/c1-2-18-16(20-12-14-6-4-10-24-14)19-8-9-21-25(22,23)15-7-3-5-13(17)11-15/h3,5,7,11,14,21H,2,4,6,8-10,12H2,1H3,(H2,18,19,20). The van der Waals surface area contributed by atoms with Gasteiger partial charge in [-0.2, -0.15) is 0 Å². The van der Waals surface area contributed by atoms with Gasteiger partial charge in [0.1, 0.15) is 0 Å². The van der Waals surface area contributed by atoms with Gasteiger partial charge in [-0.05, 0) is 38.0 Å². The zero-order chi connectivity index (χ0) is 18.1. The highest BCUT2D eigenvalue weighted by molar-refractivity contribution is 7.89. The van der Waals surface area contributed by atoms with Crippen LogP contribution in [0.15, 0.2) is 34.2 Å². The van der Waals surface area contributed by atoms with Crippen LogP contribution < -0.4 is 15.4 Å². The van der Waals surface area contributed by atoms with E-state index in [9.17, 15) is 8.42 Å². The molecule has 0 amide bonds. The second-order valence-electron chi connectivity index (χ2n) is 5.64. The molecule has 1 aromatic carbocycles. The maximum Gasteiger partial charge on any atom is 0.240 e. The Morgan fingerprint density at radius 3 is 2.88 bits per heavy atom. The van der Waals surface area contributed by atoms with E-state index < -0.39 is 10.0 Å². The number of hydrogen-bond acceptors (Lipinski definition) is 4. The number of nitrogens with one attached hydrogen (secondary N) is 3. The minimum absolute atomic E-state index is 0.152. The van der Waals surface area contributed by atoms with Crippen LogP contribution in [-0.4, -0.2) is 53.3 Å². The van der Waals surface area contributed by atoms with Crippen LogP contribution in [0.25, 0.3) is 0 Å². The minimum Gasteiger partial charge on any atom is -0.376 e. The summed E-state index contributed by atoms with van der Waals surface area (Å²) >= 11 is 5.84. The summed E-state index contributed by atoms with van der Waals surface area (Å²) < 4.78 is 32.5. The molecule has 0 spiro atoms. The molecule has 1 aliphatic heterocycles. The molecule has 9 heteroatoms. The van der Waals surface area contributed by atoms with Crippen LogP contribution in [0.1, 0.15) is 19.8 Å². The van der Waals surface area contributed by atoms with Crippen LogP contribution in [-0.2, 0) is 14.8 Å². The quantitative estimate of drug-likeness (QED) is 0.355. The van der Waals surface area contributed by atoms with E-state index in [1.807, 2.05) is 6.92 Å². The summed E-state index contributed by atoms with van der Waals surface area (Å²) in [5, 5.41) is 6.63. The second kappa shape index (κ2) is 9.96. The molecule has 0 saturated carbocycles. The third-order valence-corrected chi connectivity index (χ3v) is 5.33. The summed E-state index contributed by atoms with van der Waals surface area (Å²) in [6.45, 7) is 4.76. The monoisotopic (exact) mass is 388 g/mol. The summed E-state index contributed by atoms with van der Waals surface area (Å²) in [5.41, 5.74) is 0. The first-order valence-electron chi connectivity index (χ1n) is 8.40. The third kappa shape index (κ3) is 6.81. The predicted molar refractivity (Wildman–Crippen MR) is 99.6 cm³/mol. The number of aliphatic imine (C=N–C) groups is 1. The number of nitrogens with zero attached hydrogens (tertiary/aromatic N) is 1. The molecule has 25 heavy (non-hydrogen) atoms. The van der Waals surface area contributed by atoms with E-state index >= 15 is 0 Å². The minimum atomic E-state index is -3.57. The molecule has 0 radical (unpaired) electrons. The van der Waals surface area contributed by atoms with E-state index in [1.165, 1.54) is 12.1 Å². The number of hydrogen-bond donors (Lipinski definition) is 3. The third-order valence-electron chi connectivity index (χ3n) is 3.64. The van der Waals surface area contributed by atoms with Crippen molar-refractivity contribution >= 4 is 27.6 Å². The molecule has 7 nitrogen and oxygen atoms in total. The van der Waals surface area contributed by atoms with E-state index in [0.717, 1.165) is 26.0 Å². The van der Waals surface area contributed by atoms with E-state index in [1.54, 1.807) is 12.1 Å². The van der Waals surface area contributed by atoms with Gasteiger partial charge in [-0.3, -0.25) is 4.99 Å². The molecule has 2 rings (SSSR count). The first kappa shape index (κ1) is 20.0. The molecule has 1 aromatic rings. The lowest BCUT2D eigenvalue weighted by atomic mass is 10.2. The van der Waals surface area contributed by atoms with Crippen molar-refractivity contribution in [2.75, 3.05) is 32.8 Å². The maximum absolute atomic E-state index is 12.2. The van der Waals surface area contributed by atoms with Crippen molar-refractivity contribution in [3.8, 4) is 0 Å². The zero-order valence-corrected chi connectivity index (χ0v) is 15.9. The lowest BCUT2D eigenvalue weighted by Gasteiger charge is -2.13. The highest BCUT2D eigenvalue weighted by atomic mass is 35.5. The van der Waals surface area contributed by atoms with Crippen molar-refractivity contribution in [2.45, 2.75) is 30.8 Å². The molecule has 1 fully saturated rings. The SMILES string of the molecule is CCNC(=NCC1CCCO1)NCCNS(=O)(=O)c1cccc(Cl)c1. The molecule has 3 N–H and O–H groups in total. The van der Waals surface area contributed by atoms with Gasteiger partial charge >= 0.3 is 0 Å². The fourth-order valence-corrected chi connectivity index (χ4v) is 3.74. The van der Waals surface area contributed by atoms with Crippen LogP contribution in [0.2, 0.25) is 5.02 Å². The Kier molecular flexibility index (Phi) is 7.95. The molecule has 1 aliphatic rings. The fourth-order valence-electron chi connectivity index (χ4n) is 2.41. The van der Waals surface area contributed by atoms with Crippen LogP contribution in [0.5, 0.6) is 0 Å². The van der Waals surface area contributed by atoms with Gasteiger partial charge in [0.25, 0.3) is 0 Å². The van der Waals surface area contributed by atoms with Gasteiger partial charge in [0, 0.05) is 31.3 Å². The lowest BCUT2D eigenvalue weighted by molar-refractivity contribution is 0.117. The first-order chi connectivity index (χ1) is 12.0. The van der Waals surface area contributed by atoms with Crippen molar-refractivity contribution in [3.05, 3.63) is 29.3 Å². The number of ether oxygens (including phenoxy) is 1. The second-order valence-corrected chi connectivity index (χ2v) is 7.84. The highest BCUT2D eigenvalue weighted by Crippen LogP contribution is 2.15. The number of rotatable bonds is 8. The van der Waals surface area contributed by atoms with E-state index in [-0.39, 0.29) is 17.5 Å². The maximum atomic E-state index is 12.2. The van der Waals surface area contributed by atoms with Gasteiger partial charge in [-0.15, -0.1) is 0 Å². The van der Waals surface area contributed by atoms with Crippen LogP contribution >= 0.6 is 11.6 Å². The summed E-state index contributed by atoms with van der Waals surface area (Å²) in [6.07, 6.45) is 2.29. The lowest BCUT2D eigenvalue weighted by Crippen LogP contribution is -2.42. The van der Waals surface area contributed by atoms with Crippen molar-refractivity contribution in [3.63, 3.8) is 0 Å². The van der Waals surface area contributed by atoms with Gasteiger partial charge in [-0.1, -0.05) is 17.7 Å². The van der Waals surface area contributed by atoms with Crippen molar-refractivity contribution < 1.29 is 13.2 Å². The highest BCUT2D eigenvalue weighted by Gasteiger charge is 2.15. The normalized spacial score (nSPS) is 18.3. The molecule has 0 aliphatic carbocycles. The topological polar surface area (TPSA) is 91.8 Å². The average Bonchev–Trinajstić information content (AvgIpc) is 3.10. The fraction of sp³-hybridized carbons (Fsp3) is 0.562. The number of benzene rings is 1. The molecular weight excluding hydrogens is 364 g/mol. The number of halogens is 1. The number of sulfonamides is 1. The number of guanidine groups is 1. The van der Waals surface area contributed by atoms with Gasteiger partial charge in [0.05, 0.1) is 17.5 Å². The molecular formula is C16H25ClN4O3S. The smallest absolute Gasteiger partial charge is 0.240 e. The molecule has 1 unspecified atom stereocenters. The molecule has 140 valence electrons. The van der Waals surface area contributed by atoms with Gasteiger partial charge in [0.2, 0.25) is 10.0 Å². The molecule has 1 atom stereocenters. The Bertz CT molecular complexity index is 676. The van der Waals surface area contributed by atoms with E-state index in [0.29, 0.717) is 24.1 Å².